The molecule has 0 heterocycles. The minimum atomic E-state index is -2.55. The molecule has 0 aliphatic carbocycles. The summed E-state index contributed by atoms with van der Waals surface area (Å²) in [6.45, 7) is 0. The van der Waals surface area contributed by atoms with Crippen molar-refractivity contribution in [1.82, 2.24) is 0 Å². The van der Waals surface area contributed by atoms with Crippen molar-refractivity contribution in [2.75, 3.05) is 5.33 Å². The van der Waals surface area contributed by atoms with Crippen LogP contribution in [0.2, 0.25) is 0 Å². The largest absolute Gasteiger partial charge is 0.257 e. The monoisotopic (exact) mass is 216 g/mol. The van der Waals surface area contributed by atoms with Crippen molar-refractivity contribution in [1.29, 1.82) is 0 Å². The van der Waals surface area contributed by atoms with Gasteiger partial charge in [-0.05, 0) is 18.6 Å². The molecule has 0 nitrogen and oxygen atoms in total. The maximum absolute atomic E-state index is 12.3. The Morgan fingerprint density at radius 2 is 1.80 bits per heavy atom. The predicted molar refractivity (Wildman–Crippen MR) is 38.5 cm³/mol. The van der Waals surface area contributed by atoms with E-state index in [1.54, 1.807) is 0 Å². The SMILES string of the molecule is FC(F)C=CC(F)CCBr. The normalized spacial score (nSPS) is 14.9. The third kappa shape index (κ3) is 6.13. The molecule has 1 atom stereocenters. The van der Waals surface area contributed by atoms with Crippen LogP contribution in [0.15, 0.2) is 12.2 Å². The lowest BCUT2D eigenvalue weighted by Gasteiger charge is -1.96. The second-order valence-corrected chi connectivity index (χ2v) is 2.51. The van der Waals surface area contributed by atoms with E-state index in [0.29, 0.717) is 11.4 Å². The van der Waals surface area contributed by atoms with E-state index < -0.39 is 12.6 Å². The van der Waals surface area contributed by atoms with Crippen molar-refractivity contribution in [2.45, 2.75) is 19.0 Å². The number of hydrogen-bond donors (Lipinski definition) is 0. The zero-order chi connectivity index (χ0) is 7.98. The Bertz CT molecular complexity index is 103. The smallest absolute Gasteiger partial charge is 0.243 e. The summed E-state index contributed by atoms with van der Waals surface area (Å²) in [7, 11) is 0. The van der Waals surface area contributed by atoms with Gasteiger partial charge < -0.3 is 0 Å². The molecule has 0 aliphatic heterocycles. The van der Waals surface area contributed by atoms with Crippen molar-refractivity contribution < 1.29 is 13.2 Å². The van der Waals surface area contributed by atoms with Gasteiger partial charge in [-0.3, -0.25) is 0 Å². The lowest BCUT2D eigenvalue weighted by Crippen LogP contribution is -1.96. The van der Waals surface area contributed by atoms with Crippen LogP contribution in [0.5, 0.6) is 0 Å². The van der Waals surface area contributed by atoms with Crippen LogP contribution in [-0.4, -0.2) is 17.9 Å². The van der Waals surface area contributed by atoms with Gasteiger partial charge in [0.15, 0.2) is 0 Å². The van der Waals surface area contributed by atoms with E-state index in [1.165, 1.54) is 0 Å². The average Bonchev–Trinajstić information content (AvgIpc) is 1.85. The van der Waals surface area contributed by atoms with Crippen molar-refractivity contribution in [3.05, 3.63) is 12.2 Å². The summed E-state index contributed by atoms with van der Waals surface area (Å²) in [5.74, 6) is 0. The summed E-state index contributed by atoms with van der Waals surface area (Å²) in [5.41, 5.74) is 0. The Kier molecular flexibility index (Phi) is 5.78. The Morgan fingerprint density at radius 1 is 1.20 bits per heavy atom. The quantitative estimate of drug-likeness (QED) is 0.501. The van der Waals surface area contributed by atoms with Crippen LogP contribution in [0.3, 0.4) is 0 Å². The van der Waals surface area contributed by atoms with Gasteiger partial charge in [0, 0.05) is 5.33 Å². The highest BCUT2D eigenvalue weighted by Crippen LogP contribution is 2.04. The lowest BCUT2D eigenvalue weighted by atomic mass is 10.3. The van der Waals surface area contributed by atoms with Crippen LogP contribution in [0.25, 0.3) is 0 Å². The van der Waals surface area contributed by atoms with Crippen molar-refractivity contribution >= 4 is 15.9 Å². The topological polar surface area (TPSA) is 0 Å². The molecule has 0 aromatic carbocycles. The summed E-state index contributed by atoms with van der Waals surface area (Å²) >= 11 is 3.00. The molecule has 1 unspecified atom stereocenters. The number of hydrogen-bond acceptors (Lipinski definition) is 0. The summed E-state index contributed by atoms with van der Waals surface area (Å²) in [4.78, 5) is 0. The molecule has 0 aliphatic rings. The fourth-order valence-electron chi connectivity index (χ4n) is 0.405. The highest BCUT2D eigenvalue weighted by molar-refractivity contribution is 9.09. The number of halogens is 4. The minimum Gasteiger partial charge on any atom is -0.243 e. The van der Waals surface area contributed by atoms with E-state index in [2.05, 4.69) is 15.9 Å². The molecule has 0 N–H and O–H groups in total. The van der Waals surface area contributed by atoms with E-state index in [9.17, 15) is 13.2 Å². The fourth-order valence-corrected chi connectivity index (χ4v) is 0.842. The van der Waals surface area contributed by atoms with Crippen LogP contribution in [0.4, 0.5) is 13.2 Å². The molecule has 0 bridgehead atoms. The summed E-state index contributed by atoms with van der Waals surface area (Å²) in [5, 5.41) is 0.488. The molecule has 0 amide bonds. The summed E-state index contributed by atoms with van der Waals surface area (Å²) < 4.78 is 35.1. The van der Waals surface area contributed by atoms with Gasteiger partial charge in [0.2, 0.25) is 0 Å². The van der Waals surface area contributed by atoms with Crippen LogP contribution in [0, 0.1) is 0 Å². The van der Waals surface area contributed by atoms with E-state index in [1.807, 2.05) is 0 Å². The first-order valence-electron chi connectivity index (χ1n) is 2.83. The molecule has 10 heavy (non-hydrogen) atoms. The molecule has 4 heteroatoms. The van der Waals surface area contributed by atoms with Gasteiger partial charge in [-0.15, -0.1) is 0 Å². The van der Waals surface area contributed by atoms with Crippen LogP contribution >= 0.6 is 15.9 Å². The first kappa shape index (κ1) is 10.0. The fraction of sp³-hybridized carbons (Fsp3) is 0.667. The average molecular weight is 217 g/mol. The van der Waals surface area contributed by atoms with Gasteiger partial charge in [-0.1, -0.05) is 15.9 Å². The molecule has 60 valence electrons. The first-order chi connectivity index (χ1) is 4.66. The zero-order valence-electron chi connectivity index (χ0n) is 5.24. The summed E-state index contributed by atoms with van der Waals surface area (Å²) in [6, 6.07) is 0. The van der Waals surface area contributed by atoms with E-state index in [-0.39, 0.29) is 6.42 Å². The Balaban J connectivity index is 3.45. The van der Waals surface area contributed by atoms with Gasteiger partial charge >= 0.3 is 0 Å². The zero-order valence-corrected chi connectivity index (χ0v) is 6.82. The second-order valence-electron chi connectivity index (χ2n) is 1.71. The van der Waals surface area contributed by atoms with Crippen molar-refractivity contribution in [2.24, 2.45) is 0 Å². The maximum Gasteiger partial charge on any atom is 0.257 e. The van der Waals surface area contributed by atoms with Crippen molar-refractivity contribution in [3.63, 3.8) is 0 Å². The molecule has 0 spiro atoms. The van der Waals surface area contributed by atoms with E-state index in [4.69, 9.17) is 0 Å². The minimum absolute atomic E-state index is 0.239. The number of alkyl halides is 4. The third-order valence-corrected chi connectivity index (χ3v) is 1.31. The highest BCUT2D eigenvalue weighted by Gasteiger charge is 2.01. The molecular weight excluding hydrogens is 209 g/mol. The molecule has 0 aromatic heterocycles. The number of allylic oxidation sites excluding steroid dienone is 2. The molecule has 0 saturated carbocycles. The maximum atomic E-state index is 12.3. The molecule has 0 aromatic rings. The summed E-state index contributed by atoms with van der Waals surface area (Å²) in [6.07, 6.45) is -2.12. The molecule has 0 radical (unpaired) electrons. The Labute approximate surface area is 66.2 Å². The second kappa shape index (κ2) is 5.77. The van der Waals surface area contributed by atoms with Crippen LogP contribution in [-0.2, 0) is 0 Å². The molecular formula is C6H8BrF3. The molecule has 0 saturated heterocycles. The van der Waals surface area contributed by atoms with Gasteiger partial charge in [0.25, 0.3) is 6.43 Å². The van der Waals surface area contributed by atoms with Gasteiger partial charge in [0.1, 0.15) is 6.17 Å². The van der Waals surface area contributed by atoms with Crippen LogP contribution < -0.4 is 0 Å². The highest BCUT2D eigenvalue weighted by atomic mass is 79.9. The van der Waals surface area contributed by atoms with Gasteiger partial charge in [-0.25, -0.2) is 13.2 Å². The third-order valence-electron chi connectivity index (χ3n) is 0.850. The Morgan fingerprint density at radius 3 is 2.20 bits per heavy atom. The van der Waals surface area contributed by atoms with E-state index >= 15 is 0 Å². The van der Waals surface area contributed by atoms with Gasteiger partial charge in [0.05, 0.1) is 0 Å². The van der Waals surface area contributed by atoms with Crippen molar-refractivity contribution in [3.8, 4) is 0 Å². The number of rotatable bonds is 4. The van der Waals surface area contributed by atoms with Gasteiger partial charge in [-0.2, -0.15) is 0 Å². The van der Waals surface area contributed by atoms with E-state index in [0.717, 1.165) is 6.08 Å². The lowest BCUT2D eigenvalue weighted by molar-refractivity contribution is 0.202. The standard InChI is InChI=1S/C6H8BrF3/c7-4-3-5(8)1-2-6(9)10/h1-2,5-6H,3-4H2. The predicted octanol–water partition coefficient (Wildman–Crippen LogP) is 2.93. The molecule has 0 rings (SSSR count). The molecule has 0 fully saturated rings. The van der Waals surface area contributed by atoms with Crippen LogP contribution in [0.1, 0.15) is 6.42 Å². The first-order valence-corrected chi connectivity index (χ1v) is 3.95. The Hall–Kier alpha value is 0.01000.